The van der Waals surface area contributed by atoms with Crippen LogP contribution in [0.25, 0.3) is 0 Å². The van der Waals surface area contributed by atoms with Crippen LogP contribution in [0.4, 0.5) is 5.82 Å². The van der Waals surface area contributed by atoms with E-state index in [-0.39, 0.29) is 97.6 Å². The molecule has 376 valence electrons. The van der Waals surface area contributed by atoms with Crippen molar-refractivity contribution in [2.75, 3.05) is 25.4 Å². The molecule has 0 spiro atoms. The van der Waals surface area contributed by atoms with Crippen LogP contribution in [-0.2, 0) is 56.7 Å². The number of amides is 3. The Labute approximate surface area is 455 Å². The molecular formula is C51H50Li2N6O12S3. The van der Waals surface area contributed by atoms with E-state index in [1.165, 1.54) is 53.4 Å². The van der Waals surface area contributed by atoms with Gasteiger partial charge in [0.25, 0.3) is 5.91 Å². The zero-order chi connectivity index (χ0) is 52.2. The maximum Gasteiger partial charge on any atom is 1.00 e. The topological polar surface area (TPSA) is 270 Å². The second-order valence-corrected chi connectivity index (χ2v) is 22.7. The van der Waals surface area contributed by atoms with E-state index in [2.05, 4.69) is 29.0 Å². The van der Waals surface area contributed by atoms with E-state index in [1.807, 2.05) is 58.1 Å². The Hall–Kier alpha value is -5.66. The molecule has 18 nitrogen and oxygen atoms in total. The number of pyridine rings is 1. The molecule has 0 saturated carbocycles. The zero-order valence-electron chi connectivity index (χ0n) is 41.8. The first kappa shape index (κ1) is 59.2. The Morgan fingerprint density at radius 2 is 1.34 bits per heavy atom. The smallest absolute Gasteiger partial charge is 0.748 e. The summed E-state index contributed by atoms with van der Waals surface area (Å²) in [6.45, 7) is 8.64. The maximum atomic E-state index is 13.5. The Balaban J connectivity index is 0.00000507. The first-order chi connectivity index (χ1) is 33.8. The van der Waals surface area contributed by atoms with Gasteiger partial charge in [-0.3, -0.25) is 19.3 Å². The number of unbranched alkanes of at least 4 members (excludes halogenated alkanes) is 2. The molecule has 0 unspecified atom stereocenters. The van der Waals surface area contributed by atoms with Crippen LogP contribution < -0.4 is 47.6 Å². The molecule has 0 aliphatic carbocycles. The quantitative estimate of drug-likeness (QED) is 0.0406. The van der Waals surface area contributed by atoms with E-state index in [9.17, 15) is 53.3 Å². The molecule has 3 aromatic rings. The molecule has 1 N–H and O–H groups in total. The number of amidine groups is 1. The average molecular weight is 1050 g/mol. The van der Waals surface area contributed by atoms with Gasteiger partial charge < -0.3 is 23.9 Å². The van der Waals surface area contributed by atoms with Crippen molar-refractivity contribution in [3.05, 3.63) is 130 Å². The molecule has 74 heavy (non-hydrogen) atoms. The van der Waals surface area contributed by atoms with Crippen molar-refractivity contribution in [1.29, 1.82) is 0 Å². The molecule has 23 heteroatoms. The molecule has 0 radical (unpaired) electrons. The van der Waals surface area contributed by atoms with Crippen LogP contribution in [0.15, 0.2) is 128 Å². The molecule has 1 aromatic heterocycles. The summed E-state index contributed by atoms with van der Waals surface area (Å²) >= 11 is 0. The number of hydrogen-bond acceptors (Lipinski definition) is 15. The summed E-state index contributed by atoms with van der Waals surface area (Å²) in [5, 5.41) is 2.95. The number of imide groups is 1. The minimum Gasteiger partial charge on any atom is -0.748 e. The van der Waals surface area contributed by atoms with E-state index in [0.29, 0.717) is 77.7 Å². The maximum absolute atomic E-state index is 13.5. The van der Waals surface area contributed by atoms with Crippen LogP contribution >= 0.6 is 0 Å². The van der Waals surface area contributed by atoms with Crippen molar-refractivity contribution < 1.29 is 95.6 Å². The van der Waals surface area contributed by atoms with Crippen molar-refractivity contribution in [2.45, 2.75) is 88.0 Å². The van der Waals surface area contributed by atoms with Gasteiger partial charge in [0.1, 0.15) is 32.3 Å². The number of carbonyl (C=O) groups excluding carboxylic acids is 3. The second kappa shape index (κ2) is 23.9. The number of fused-ring (bicyclic) bond motifs is 2. The fourth-order valence-corrected chi connectivity index (χ4v) is 9.80. The van der Waals surface area contributed by atoms with Gasteiger partial charge in [-0.05, 0) is 117 Å². The largest absolute Gasteiger partial charge is 1.00 e. The molecule has 4 aliphatic heterocycles. The Morgan fingerprint density at radius 1 is 0.757 bits per heavy atom. The number of nitrogens with zero attached hydrogens (tertiary/aromatic N) is 5. The summed E-state index contributed by atoms with van der Waals surface area (Å²) in [4.78, 5) is 49.6. The van der Waals surface area contributed by atoms with Crippen molar-refractivity contribution >= 4 is 65.4 Å². The summed E-state index contributed by atoms with van der Waals surface area (Å²) in [5.74, 6) is 12.0. The van der Waals surface area contributed by atoms with Crippen LogP contribution in [0.5, 0.6) is 0 Å². The van der Waals surface area contributed by atoms with Gasteiger partial charge in [0.05, 0.1) is 42.1 Å². The molecule has 0 atom stereocenters. The third-order valence-corrected chi connectivity index (χ3v) is 14.9. The second-order valence-electron chi connectivity index (χ2n) is 18.4. The predicted molar refractivity (Wildman–Crippen MR) is 262 cm³/mol. The predicted octanol–water partition coefficient (Wildman–Crippen LogP) is -2.02. The van der Waals surface area contributed by atoms with Crippen LogP contribution in [0.1, 0.15) is 88.5 Å². The summed E-state index contributed by atoms with van der Waals surface area (Å²) in [7, 11) is -13.8. The monoisotopic (exact) mass is 1050 g/mol. The summed E-state index contributed by atoms with van der Waals surface area (Å²) in [5.41, 5.74) is 3.39. The number of likely N-dealkylation sites (tertiary alicyclic amines) is 1. The van der Waals surface area contributed by atoms with Crippen LogP contribution in [-0.4, -0.2) is 103 Å². The minimum atomic E-state index is -4.65. The van der Waals surface area contributed by atoms with Crippen molar-refractivity contribution in [2.24, 2.45) is 15.4 Å². The number of hydrogen-bond donors (Lipinski definition) is 1. The van der Waals surface area contributed by atoms with Gasteiger partial charge in [-0.1, -0.05) is 43.6 Å². The minimum absolute atomic E-state index is 0. The molecule has 1 saturated heterocycles. The van der Waals surface area contributed by atoms with Gasteiger partial charge in [-0.25, -0.2) is 34.8 Å². The van der Waals surface area contributed by atoms with Crippen molar-refractivity contribution in [3.8, 4) is 23.7 Å². The zero-order valence-corrected chi connectivity index (χ0v) is 44.2. The number of rotatable bonds is 16. The first-order valence-electron chi connectivity index (χ1n) is 22.8. The third kappa shape index (κ3) is 14.6. The summed E-state index contributed by atoms with van der Waals surface area (Å²) < 4.78 is 105. The van der Waals surface area contributed by atoms with E-state index in [0.717, 1.165) is 11.1 Å². The van der Waals surface area contributed by atoms with Crippen LogP contribution in [0.3, 0.4) is 0 Å². The number of allylic oxidation sites excluding steroid dienone is 6. The van der Waals surface area contributed by atoms with E-state index >= 15 is 0 Å². The van der Waals surface area contributed by atoms with Crippen LogP contribution in [0.2, 0.25) is 0 Å². The Kier molecular flexibility index (Phi) is 19.1. The Morgan fingerprint density at radius 3 is 1.92 bits per heavy atom. The van der Waals surface area contributed by atoms with Crippen LogP contribution in [0, 0.1) is 29.1 Å². The first-order valence-corrected chi connectivity index (χ1v) is 27.2. The molecule has 5 heterocycles. The molecule has 3 amide bonds. The fraction of sp³-hybridized carbons (Fsp3) is 0.333. The molecule has 2 aromatic carbocycles. The van der Waals surface area contributed by atoms with Gasteiger partial charge in [-0.15, -0.1) is 0 Å². The number of aliphatic imine (C=N–C) groups is 2. The summed E-state index contributed by atoms with van der Waals surface area (Å²) in [6, 6.07) is 12.3. The molecule has 4 aliphatic rings. The number of aromatic nitrogens is 1. The number of carbonyl (C=O) groups is 3. The molecule has 1 fully saturated rings. The average Bonchev–Trinajstić information content (AvgIpc) is 3.86. The standard InChI is InChI=1S/C51H52N6O12S3.2Li/c1-50(2)41-30-37(14-12-35-16-20-39(21-17-35)71(64,65)66)32-55(27-9-29-70(61,62)63)48(41)53-43(50)10-8-11-44-51(3,4)42-31-38(15-13-36-18-22-40(23-19-36)72(67,68)69)33-56(49(42)54-44)34-45(58)52-26-6-5-7-28-57-46(59)24-25-47(57)60;;/h8,10-11,16-23,30-33H,5-7,9,24-29,34H2,1-4H3,(H3-,52,58,61,62,63,64,65,66,67,68,69);;/q;2*+1/p-2. The van der Waals surface area contributed by atoms with Gasteiger partial charge in [0.15, 0.2) is 12.3 Å². The van der Waals surface area contributed by atoms with E-state index < -0.39 is 46.9 Å². The fourth-order valence-electron chi connectivity index (χ4n) is 8.38. The van der Waals surface area contributed by atoms with Gasteiger partial charge in [-0.2, -0.15) is 0 Å². The number of benzene rings is 2. The van der Waals surface area contributed by atoms with Crippen molar-refractivity contribution in [1.82, 2.24) is 15.1 Å². The third-order valence-electron chi connectivity index (χ3n) is 12.4. The normalized spacial score (nSPS) is 17.1. The Bertz CT molecular complexity index is 3400. The number of nitrogens with one attached hydrogen (secondary N) is 1. The molecule has 7 rings (SSSR count). The molecule has 0 bridgehead atoms. The van der Waals surface area contributed by atoms with E-state index in [1.54, 1.807) is 21.9 Å². The van der Waals surface area contributed by atoms with Crippen molar-refractivity contribution in [3.63, 3.8) is 0 Å². The van der Waals surface area contributed by atoms with E-state index in [4.69, 9.17) is 9.98 Å². The molecular weight excluding hydrogens is 999 g/mol. The van der Waals surface area contributed by atoms with Gasteiger partial charge >= 0.3 is 43.5 Å². The summed E-state index contributed by atoms with van der Waals surface area (Å²) in [6.07, 6.45) is 13.2. The van der Waals surface area contributed by atoms with Gasteiger partial charge in [0.2, 0.25) is 11.8 Å². The SMILES string of the molecule is CC1(C)C2=CC(C#Cc3ccc(S(=O)(=O)[O-])cc3)=CN(CCCS(=O)(=O)[O-])C2=N/C1=C\C=C\C1=Nc2c(cc(C#Cc3ccc(S(=O)(=O)[O-])cc3)c[n+]2CC(=O)NCCCCCN2C(=O)CCC2=O)C1(C)C.[Li+].[Li+]. The van der Waals surface area contributed by atoms with Gasteiger partial charge in [0, 0.05) is 72.1 Å².